The Kier molecular flexibility index (Phi) is 8.22. The zero-order chi connectivity index (χ0) is 24.9. The molecule has 1 fully saturated rings. The van der Waals surface area contributed by atoms with Gasteiger partial charge >= 0.3 is 5.97 Å². The quantitative estimate of drug-likeness (QED) is 0.391. The van der Waals surface area contributed by atoms with Gasteiger partial charge in [-0.2, -0.15) is 4.39 Å². The van der Waals surface area contributed by atoms with Gasteiger partial charge in [-0.3, -0.25) is 14.7 Å². The highest BCUT2D eigenvalue weighted by Gasteiger charge is 2.34. The highest BCUT2D eigenvalue weighted by molar-refractivity contribution is 7.10. The van der Waals surface area contributed by atoms with E-state index >= 15 is 4.39 Å². The predicted octanol–water partition coefficient (Wildman–Crippen LogP) is 5.96. The van der Waals surface area contributed by atoms with Gasteiger partial charge in [-0.05, 0) is 62.1 Å². The fourth-order valence-corrected chi connectivity index (χ4v) is 5.45. The van der Waals surface area contributed by atoms with Crippen LogP contribution < -0.4 is 4.74 Å². The lowest BCUT2D eigenvalue weighted by Crippen LogP contribution is -2.44. The lowest BCUT2D eigenvalue weighted by Gasteiger charge is -2.36. The van der Waals surface area contributed by atoms with Crippen LogP contribution in [0.1, 0.15) is 35.9 Å². The van der Waals surface area contributed by atoms with Crippen LogP contribution in [0.3, 0.4) is 0 Å². The maximum absolute atomic E-state index is 15.5. The highest BCUT2D eigenvalue weighted by atomic mass is 35.5. The van der Waals surface area contributed by atoms with Gasteiger partial charge in [0.1, 0.15) is 11.9 Å². The lowest BCUT2D eigenvalue weighted by atomic mass is 9.81. The minimum absolute atomic E-state index is 0.150. The number of benzene rings is 1. The van der Waals surface area contributed by atoms with Crippen LogP contribution in [0, 0.1) is 28.8 Å². The number of likely N-dealkylation sites (tertiary alicyclic amines) is 1. The van der Waals surface area contributed by atoms with E-state index in [-0.39, 0.29) is 22.5 Å². The van der Waals surface area contributed by atoms with Crippen LogP contribution in [0.25, 0.3) is 10.9 Å². The predicted molar refractivity (Wildman–Crippen MR) is 133 cm³/mol. The molecule has 1 aliphatic rings. The van der Waals surface area contributed by atoms with E-state index in [1.54, 1.807) is 24.3 Å². The van der Waals surface area contributed by atoms with E-state index in [0.29, 0.717) is 59.6 Å². The van der Waals surface area contributed by atoms with Gasteiger partial charge < -0.3 is 9.84 Å². The second-order valence-corrected chi connectivity index (χ2v) is 10.0. The number of hydrogen-bond donors (Lipinski definition) is 1. The standard InChI is InChI=1S/C26H25ClF2N2O3S/c1-34-17-5-8-23-19(13-17)25(21(27)14-30-23)22(28)7-4-16-10-12-31(15-20(16)26(32)33)11-2-3-18-6-9-24(29)35-18/h5-6,8-9,13-14,16,20,22H,4,7,10-12,15H2,1H3,(H,32,33)/t16-,20+,22-/m0/s1. The first kappa shape index (κ1) is 25.4. The largest absolute Gasteiger partial charge is 0.497 e. The Bertz CT molecular complexity index is 1270. The molecule has 1 N–H and O–H groups in total. The van der Waals surface area contributed by atoms with Crippen molar-refractivity contribution in [1.82, 2.24) is 9.88 Å². The SMILES string of the molecule is COc1ccc2ncc(Cl)c([C@@H](F)CC[C@H]3CCN(CC#Cc4ccc(F)s4)C[C@H]3C(=O)O)c2c1. The number of ether oxygens (including phenoxy) is 1. The van der Waals surface area contributed by atoms with Crippen molar-refractivity contribution in [2.75, 3.05) is 26.7 Å². The second-order valence-electron chi connectivity index (χ2n) is 8.58. The molecule has 0 unspecified atom stereocenters. The fraction of sp³-hybridized carbons (Fsp3) is 0.385. The van der Waals surface area contributed by atoms with Crippen LogP contribution in [0.2, 0.25) is 5.02 Å². The first-order valence-electron chi connectivity index (χ1n) is 11.3. The average molecular weight is 519 g/mol. The van der Waals surface area contributed by atoms with E-state index in [0.717, 1.165) is 11.3 Å². The molecule has 0 saturated carbocycles. The van der Waals surface area contributed by atoms with E-state index in [9.17, 15) is 14.3 Å². The summed E-state index contributed by atoms with van der Waals surface area (Å²) in [5.41, 5.74) is 0.983. The van der Waals surface area contributed by atoms with Crippen molar-refractivity contribution in [2.45, 2.75) is 25.4 Å². The minimum atomic E-state index is -1.36. The van der Waals surface area contributed by atoms with Crippen molar-refractivity contribution in [1.29, 1.82) is 0 Å². The van der Waals surface area contributed by atoms with Gasteiger partial charge in [0.25, 0.3) is 0 Å². The van der Waals surface area contributed by atoms with Gasteiger partial charge in [0, 0.05) is 23.7 Å². The van der Waals surface area contributed by atoms with Crippen LogP contribution >= 0.6 is 22.9 Å². The summed E-state index contributed by atoms with van der Waals surface area (Å²) in [5.74, 6) is 4.85. The molecular weight excluding hydrogens is 494 g/mol. The number of alkyl halides is 1. The monoisotopic (exact) mass is 518 g/mol. The van der Waals surface area contributed by atoms with Crippen molar-refractivity contribution in [3.8, 4) is 17.6 Å². The summed E-state index contributed by atoms with van der Waals surface area (Å²) in [6, 6.07) is 8.24. The molecular formula is C26H25ClF2N2O3S. The van der Waals surface area contributed by atoms with Gasteiger partial charge in [0.05, 0.1) is 35.0 Å². The molecule has 0 amide bonds. The van der Waals surface area contributed by atoms with Crippen molar-refractivity contribution < 1.29 is 23.4 Å². The number of hydrogen-bond acceptors (Lipinski definition) is 5. The summed E-state index contributed by atoms with van der Waals surface area (Å²) in [6.45, 7) is 1.43. The molecule has 3 aromatic rings. The average Bonchev–Trinajstić information content (AvgIpc) is 3.27. The molecule has 5 nitrogen and oxygen atoms in total. The minimum Gasteiger partial charge on any atom is -0.497 e. The van der Waals surface area contributed by atoms with Crippen molar-refractivity contribution in [2.24, 2.45) is 11.8 Å². The number of rotatable bonds is 7. The molecule has 3 atom stereocenters. The van der Waals surface area contributed by atoms with E-state index in [1.165, 1.54) is 19.4 Å². The summed E-state index contributed by atoms with van der Waals surface area (Å²) in [7, 11) is 1.54. The molecule has 1 saturated heterocycles. The Morgan fingerprint density at radius 2 is 2.23 bits per heavy atom. The molecule has 1 aliphatic heterocycles. The highest BCUT2D eigenvalue weighted by Crippen LogP contribution is 2.38. The number of pyridine rings is 1. The molecule has 0 spiro atoms. The first-order chi connectivity index (χ1) is 16.9. The van der Waals surface area contributed by atoms with E-state index in [4.69, 9.17) is 16.3 Å². The summed E-state index contributed by atoms with van der Waals surface area (Å²) < 4.78 is 33.9. The lowest BCUT2D eigenvalue weighted by molar-refractivity contribution is -0.146. The molecule has 4 rings (SSSR count). The summed E-state index contributed by atoms with van der Waals surface area (Å²) in [6.07, 6.45) is 1.31. The maximum atomic E-state index is 15.5. The number of piperidine rings is 1. The number of carbonyl (C=O) groups is 1. The fourth-order valence-electron chi connectivity index (χ4n) is 4.57. The van der Waals surface area contributed by atoms with Crippen molar-refractivity contribution in [3.63, 3.8) is 0 Å². The number of aromatic nitrogens is 1. The number of carboxylic acid groups (broad SMARTS) is 1. The maximum Gasteiger partial charge on any atom is 0.308 e. The molecule has 0 aliphatic carbocycles. The van der Waals surface area contributed by atoms with Gasteiger partial charge in [0.2, 0.25) is 0 Å². The van der Waals surface area contributed by atoms with E-state index in [1.807, 2.05) is 4.90 Å². The molecule has 35 heavy (non-hydrogen) atoms. The Morgan fingerprint density at radius 1 is 1.40 bits per heavy atom. The number of fused-ring (bicyclic) bond motifs is 1. The van der Waals surface area contributed by atoms with Crippen molar-refractivity contribution in [3.05, 3.63) is 57.1 Å². The van der Waals surface area contributed by atoms with Crippen LogP contribution in [-0.4, -0.2) is 47.7 Å². The van der Waals surface area contributed by atoms with Gasteiger partial charge in [-0.15, -0.1) is 0 Å². The number of aliphatic carboxylic acids is 1. The topological polar surface area (TPSA) is 62.7 Å². The molecule has 2 aromatic heterocycles. The normalized spacial score (nSPS) is 19.2. The number of halogens is 3. The third-order valence-electron chi connectivity index (χ3n) is 6.42. The van der Waals surface area contributed by atoms with E-state index < -0.39 is 18.1 Å². The van der Waals surface area contributed by atoms with E-state index in [2.05, 4.69) is 16.8 Å². The smallest absolute Gasteiger partial charge is 0.308 e. The molecule has 184 valence electrons. The third kappa shape index (κ3) is 6.10. The van der Waals surface area contributed by atoms with Crippen LogP contribution in [0.15, 0.2) is 36.5 Å². The zero-order valence-electron chi connectivity index (χ0n) is 19.1. The van der Waals surface area contributed by atoms with Gasteiger partial charge in [0.15, 0.2) is 5.13 Å². The Hall–Kier alpha value is -2.73. The first-order valence-corrected chi connectivity index (χ1v) is 12.5. The Morgan fingerprint density at radius 3 is 2.94 bits per heavy atom. The molecule has 0 radical (unpaired) electrons. The van der Waals surface area contributed by atoms with Gasteiger partial charge in [-0.1, -0.05) is 34.8 Å². The number of methoxy groups -OCH3 is 1. The molecule has 9 heteroatoms. The molecule has 3 heterocycles. The summed E-state index contributed by atoms with van der Waals surface area (Å²) in [5, 5.41) is 10.4. The van der Waals surface area contributed by atoms with Crippen molar-refractivity contribution >= 4 is 39.8 Å². The summed E-state index contributed by atoms with van der Waals surface area (Å²) in [4.78, 5) is 18.9. The zero-order valence-corrected chi connectivity index (χ0v) is 20.7. The third-order valence-corrected chi connectivity index (χ3v) is 7.51. The Balaban J connectivity index is 1.41. The van der Waals surface area contributed by atoms with Crippen LogP contribution in [0.5, 0.6) is 5.75 Å². The van der Waals surface area contributed by atoms with Gasteiger partial charge in [-0.25, -0.2) is 4.39 Å². The molecule has 0 bridgehead atoms. The Labute approximate surface area is 211 Å². The summed E-state index contributed by atoms with van der Waals surface area (Å²) >= 11 is 7.31. The number of carboxylic acids is 1. The van der Waals surface area contributed by atoms with Crippen LogP contribution in [0.4, 0.5) is 8.78 Å². The number of nitrogens with zero attached hydrogens (tertiary/aromatic N) is 2. The molecule has 1 aromatic carbocycles. The van der Waals surface area contributed by atoms with Crippen LogP contribution in [-0.2, 0) is 4.79 Å². The second kappa shape index (κ2) is 11.3. The number of thiophene rings is 1.